The molecular weight excluding hydrogens is 212 g/mol. The van der Waals surface area contributed by atoms with Crippen LogP contribution in [0.15, 0.2) is 0 Å². The normalized spacial score (nSPS) is 28.1. The molecular formula is C14H28N2O. The van der Waals surface area contributed by atoms with Crippen molar-refractivity contribution in [1.29, 1.82) is 0 Å². The molecule has 0 unspecified atom stereocenters. The maximum Gasteiger partial charge on any atom is 0.237 e. The summed E-state index contributed by atoms with van der Waals surface area (Å²) >= 11 is 0. The number of nitrogens with one attached hydrogen (secondary N) is 1. The van der Waals surface area contributed by atoms with E-state index in [2.05, 4.69) is 37.9 Å². The number of rotatable bonds is 4. The topological polar surface area (TPSA) is 32.3 Å². The van der Waals surface area contributed by atoms with Crippen molar-refractivity contribution in [3.05, 3.63) is 0 Å². The van der Waals surface area contributed by atoms with Crippen LogP contribution in [-0.4, -0.2) is 36.5 Å². The third-order valence-electron chi connectivity index (χ3n) is 3.51. The fraction of sp³-hybridized carbons (Fsp3) is 0.929. The molecule has 3 heteroatoms. The monoisotopic (exact) mass is 240 g/mol. The molecule has 0 aromatic carbocycles. The van der Waals surface area contributed by atoms with Crippen molar-refractivity contribution in [2.45, 2.75) is 47.1 Å². The highest BCUT2D eigenvalue weighted by atomic mass is 16.2. The number of hydrogen-bond donors (Lipinski definition) is 1. The zero-order chi connectivity index (χ0) is 13.0. The first-order valence-electron chi connectivity index (χ1n) is 6.91. The van der Waals surface area contributed by atoms with Crippen LogP contribution in [0.3, 0.4) is 0 Å². The quantitative estimate of drug-likeness (QED) is 0.816. The molecule has 1 aliphatic rings. The third-order valence-corrected chi connectivity index (χ3v) is 3.51. The van der Waals surface area contributed by atoms with E-state index in [0.717, 1.165) is 19.6 Å². The highest BCUT2D eigenvalue weighted by Gasteiger charge is 2.28. The predicted octanol–water partition coefficient (Wildman–Crippen LogP) is 2.12. The van der Waals surface area contributed by atoms with Gasteiger partial charge in [-0.3, -0.25) is 9.69 Å². The molecule has 3 nitrogen and oxygen atoms in total. The highest BCUT2D eigenvalue weighted by molar-refractivity contribution is 5.81. The number of piperidine rings is 1. The van der Waals surface area contributed by atoms with E-state index in [0.29, 0.717) is 17.8 Å². The van der Waals surface area contributed by atoms with Gasteiger partial charge in [0.1, 0.15) is 0 Å². The van der Waals surface area contributed by atoms with E-state index < -0.39 is 0 Å². The Balaban J connectivity index is 2.45. The van der Waals surface area contributed by atoms with Crippen LogP contribution in [0, 0.1) is 17.8 Å². The molecule has 0 aliphatic carbocycles. The van der Waals surface area contributed by atoms with Crippen molar-refractivity contribution in [2.24, 2.45) is 17.8 Å². The largest absolute Gasteiger partial charge is 0.354 e. The molecule has 1 saturated heterocycles. The molecule has 100 valence electrons. The zero-order valence-electron chi connectivity index (χ0n) is 12.0. The fourth-order valence-electron chi connectivity index (χ4n) is 2.65. The molecule has 0 aromatic rings. The molecule has 1 heterocycles. The second kappa shape index (κ2) is 6.39. The van der Waals surface area contributed by atoms with Gasteiger partial charge in [-0.2, -0.15) is 0 Å². The van der Waals surface area contributed by atoms with Gasteiger partial charge in [0.05, 0.1) is 6.04 Å². The van der Waals surface area contributed by atoms with Crippen molar-refractivity contribution in [1.82, 2.24) is 10.2 Å². The zero-order valence-corrected chi connectivity index (χ0v) is 12.0. The minimum atomic E-state index is 0.0129. The van der Waals surface area contributed by atoms with Gasteiger partial charge >= 0.3 is 0 Å². The van der Waals surface area contributed by atoms with Gasteiger partial charge in [0.25, 0.3) is 0 Å². The Morgan fingerprint density at radius 3 is 2.24 bits per heavy atom. The number of hydrogen-bond acceptors (Lipinski definition) is 2. The smallest absolute Gasteiger partial charge is 0.237 e. The minimum Gasteiger partial charge on any atom is -0.354 e. The van der Waals surface area contributed by atoms with Crippen molar-refractivity contribution in [3.63, 3.8) is 0 Å². The fourth-order valence-corrected chi connectivity index (χ4v) is 2.65. The lowest BCUT2D eigenvalue weighted by Crippen LogP contribution is -2.51. The van der Waals surface area contributed by atoms with Crippen molar-refractivity contribution < 1.29 is 4.79 Å². The Kier molecular flexibility index (Phi) is 5.44. The molecule has 1 aliphatic heterocycles. The van der Waals surface area contributed by atoms with Crippen LogP contribution >= 0.6 is 0 Å². The van der Waals surface area contributed by atoms with Gasteiger partial charge in [-0.25, -0.2) is 0 Å². The maximum atomic E-state index is 12.0. The molecule has 1 amide bonds. The summed E-state index contributed by atoms with van der Waals surface area (Å²) in [5.41, 5.74) is 0. The Hall–Kier alpha value is -0.570. The number of likely N-dealkylation sites (tertiary alicyclic amines) is 1. The van der Waals surface area contributed by atoms with E-state index in [1.807, 2.05) is 6.92 Å². The average Bonchev–Trinajstić information content (AvgIpc) is 2.23. The molecule has 3 atom stereocenters. The second-order valence-corrected chi connectivity index (χ2v) is 6.21. The Morgan fingerprint density at radius 1 is 1.24 bits per heavy atom. The van der Waals surface area contributed by atoms with Gasteiger partial charge in [-0.05, 0) is 31.1 Å². The van der Waals surface area contributed by atoms with E-state index in [4.69, 9.17) is 0 Å². The summed E-state index contributed by atoms with van der Waals surface area (Å²) in [6.07, 6.45) is 1.29. The van der Waals surface area contributed by atoms with Gasteiger partial charge in [-0.1, -0.05) is 27.7 Å². The SMILES string of the molecule is CC(C)CNC(=O)[C@H](C)N1C[C@H](C)C[C@H](C)C1. The summed E-state index contributed by atoms with van der Waals surface area (Å²) in [5, 5.41) is 3.03. The summed E-state index contributed by atoms with van der Waals surface area (Å²) in [4.78, 5) is 14.3. The number of nitrogens with zero attached hydrogens (tertiary/aromatic N) is 1. The van der Waals surface area contributed by atoms with Crippen LogP contribution in [0.2, 0.25) is 0 Å². The highest BCUT2D eigenvalue weighted by Crippen LogP contribution is 2.22. The Labute approximate surface area is 106 Å². The lowest BCUT2D eigenvalue weighted by Gasteiger charge is -2.38. The number of carbonyl (C=O) groups is 1. The van der Waals surface area contributed by atoms with E-state index >= 15 is 0 Å². The molecule has 1 fully saturated rings. The lowest BCUT2D eigenvalue weighted by molar-refractivity contribution is -0.127. The maximum absolute atomic E-state index is 12.0. The molecule has 0 saturated carbocycles. The van der Waals surface area contributed by atoms with Gasteiger partial charge in [0.15, 0.2) is 0 Å². The first-order chi connectivity index (χ1) is 7.90. The van der Waals surface area contributed by atoms with E-state index in [-0.39, 0.29) is 11.9 Å². The Morgan fingerprint density at radius 2 is 1.76 bits per heavy atom. The van der Waals surface area contributed by atoms with Crippen molar-refractivity contribution in [3.8, 4) is 0 Å². The third kappa shape index (κ3) is 4.66. The lowest BCUT2D eigenvalue weighted by atomic mass is 9.91. The van der Waals surface area contributed by atoms with Crippen molar-refractivity contribution >= 4 is 5.91 Å². The number of carbonyl (C=O) groups excluding carboxylic acids is 1. The first kappa shape index (κ1) is 14.5. The van der Waals surface area contributed by atoms with Gasteiger partial charge in [0.2, 0.25) is 5.91 Å². The summed E-state index contributed by atoms with van der Waals surface area (Å²) in [6, 6.07) is 0.0129. The summed E-state index contributed by atoms with van der Waals surface area (Å²) in [7, 11) is 0. The van der Waals surface area contributed by atoms with Crippen LogP contribution < -0.4 is 5.32 Å². The van der Waals surface area contributed by atoms with Gasteiger partial charge in [0, 0.05) is 19.6 Å². The van der Waals surface area contributed by atoms with Crippen LogP contribution in [0.4, 0.5) is 0 Å². The summed E-state index contributed by atoms with van der Waals surface area (Å²) in [6.45, 7) is 13.7. The van der Waals surface area contributed by atoms with Crippen LogP contribution in [0.25, 0.3) is 0 Å². The Bertz CT molecular complexity index is 243. The molecule has 0 spiro atoms. The summed E-state index contributed by atoms with van der Waals surface area (Å²) < 4.78 is 0. The molecule has 0 bridgehead atoms. The molecule has 17 heavy (non-hydrogen) atoms. The van der Waals surface area contributed by atoms with E-state index in [1.165, 1.54) is 6.42 Å². The average molecular weight is 240 g/mol. The molecule has 0 aromatic heterocycles. The molecule has 1 N–H and O–H groups in total. The van der Waals surface area contributed by atoms with Gasteiger partial charge < -0.3 is 5.32 Å². The second-order valence-electron chi connectivity index (χ2n) is 6.21. The minimum absolute atomic E-state index is 0.0129. The molecule has 0 radical (unpaired) electrons. The predicted molar refractivity (Wildman–Crippen MR) is 71.8 cm³/mol. The van der Waals surface area contributed by atoms with Crippen LogP contribution in [0.1, 0.15) is 41.0 Å². The number of amides is 1. The van der Waals surface area contributed by atoms with Crippen LogP contribution in [-0.2, 0) is 4.79 Å². The van der Waals surface area contributed by atoms with Crippen LogP contribution in [0.5, 0.6) is 0 Å². The summed E-state index contributed by atoms with van der Waals surface area (Å²) in [5.74, 6) is 2.11. The van der Waals surface area contributed by atoms with E-state index in [9.17, 15) is 4.79 Å². The van der Waals surface area contributed by atoms with Crippen molar-refractivity contribution in [2.75, 3.05) is 19.6 Å². The van der Waals surface area contributed by atoms with Gasteiger partial charge in [-0.15, -0.1) is 0 Å². The van der Waals surface area contributed by atoms with E-state index in [1.54, 1.807) is 0 Å². The molecule has 1 rings (SSSR count). The standard InChI is InChI=1S/C14H28N2O/c1-10(2)7-15-14(17)13(5)16-8-11(3)6-12(4)9-16/h10-13H,6-9H2,1-5H3,(H,15,17)/t11-,12+,13-/m0/s1. The first-order valence-corrected chi connectivity index (χ1v) is 6.91.